The van der Waals surface area contributed by atoms with Gasteiger partial charge in [0.1, 0.15) is 5.82 Å². The molecule has 3 heterocycles. The number of halogens is 1. The van der Waals surface area contributed by atoms with Crippen molar-refractivity contribution in [1.82, 2.24) is 9.21 Å². The zero-order valence-corrected chi connectivity index (χ0v) is 17.3. The smallest absolute Gasteiger partial charge is 0.243 e. The summed E-state index contributed by atoms with van der Waals surface area (Å²) in [6.07, 6.45) is 5.20. The second kappa shape index (κ2) is 6.74. The number of nitriles is 1. The molecule has 2 spiro atoms. The van der Waals surface area contributed by atoms with Crippen molar-refractivity contribution < 1.29 is 17.5 Å². The molecule has 1 saturated carbocycles. The maximum Gasteiger partial charge on any atom is 0.243 e. The van der Waals surface area contributed by atoms with Crippen LogP contribution < -0.4 is 0 Å². The van der Waals surface area contributed by atoms with E-state index in [0.29, 0.717) is 24.5 Å². The van der Waals surface area contributed by atoms with Crippen LogP contribution in [0.4, 0.5) is 4.39 Å². The largest absolute Gasteiger partial charge is 0.380 e. The molecule has 0 bridgehead atoms. The van der Waals surface area contributed by atoms with E-state index in [9.17, 15) is 12.8 Å². The van der Waals surface area contributed by atoms with E-state index < -0.39 is 15.8 Å². The summed E-state index contributed by atoms with van der Waals surface area (Å²) >= 11 is 0. The molecule has 4 aliphatic rings. The first-order valence-corrected chi connectivity index (χ1v) is 11.8. The summed E-state index contributed by atoms with van der Waals surface area (Å²) in [5, 5.41) is 9.01. The predicted octanol–water partition coefficient (Wildman–Crippen LogP) is 2.35. The normalized spacial score (nSPS) is 28.8. The SMILES string of the molecule is N#Cc1cc(F)cc(S(=O)(=O)N2CCC3(CCC(N4CC5(COC5)C4)C3)CC2)c1. The van der Waals surface area contributed by atoms with Gasteiger partial charge >= 0.3 is 0 Å². The molecule has 1 aliphatic carbocycles. The van der Waals surface area contributed by atoms with E-state index in [2.05, 4.69) is 4.90 Å². The Kier molecular flexibility index (Phi) is 4.52. The number of hydrogen-bond acceptors (Lipinski definition) is 5. The summed E-state index contributed by atoms with van der Waals surface area (Å²) in [5.41, 5.74) is 0.690. The Labute approximate surface area is 171 Å². The summed E-state index contributed by atoms with van der Waals surface area (Å²) in [5.74, 6) is -0.695. The van der Waals surface area contributed by atoms with Crippen LogP contribution in [0.3, 0.4) is 0 Å². The van der Waals surface area contributed by atoms with Crippen LogP contribution in [-0.4, -0.2) is 63.1 Å². The van der Waals surface area contributed by atoms with Gasteiger partial charge in [0.15, 0.2) is 0 Å². The Bertz CT molecular complexity index is 954. The zero-order valence-electron chi connectivity index (χ0n) is 16.4. The van der Waals surface area contributed by atoms with Crippen molar-refractivity contribution in [3.63, 3.8) is 0 Å². The molecule has 1 unspecified atom stereocenters. The highest BCUT2D eigenvalue weighted by atomic mass is 32.2. The summed E-state index contributed by atoms with van der Waals surface area (Å²) < 4.78 is 46.5. The third-order valence-electron chi connectivity index (χ3n) is 7.51. The number of ether oxygens (including phenoxy) is 1. The van der Waals surface area contributed by atoms with E-state index >= 15 is 0 Å². The van der Waals surface area contributed by atoms with E-state index in [1.165, 1.54) is 16.8 Å². The van der Waals surface area contributed by atoms with E-state index in [1.54, 1.807) is 0 Å². The zero-order chi connectivity index (χ0) is 20.3. The van der Waals surface area contributed by atoms with Gasteiger partial charge in [0.25, 0.3) is 0 Å². The van der Waals surface area contributed by atoms with Gasteiger partial charge in [-0.05, 0) is 55.7 Å². The summed E-state index contributed by atoms with van der Waals surface area (Å²) in [7, 11) is -3.78. The quantitative estimate of drug-likeness (QED) is 0.752. The van der Waals surface area contributed by atoms with Gasteiger partial charge in [-0.15, -0.1) is 0 Å². The van der Waals surface area contributed by atoms with Gasteiger partial charge in [0.05, 0.1) is 29.7 Å². The molecule has 0 aromatic heterocycles. The number of piperidine rings is 1. The molecule has 1 aromatic carbocycles. The molecule has 1 aromatic rings. The van der Waals surface area contributed by atoms with Crippen molar-refractivity contribution in [3.05, 3.63) is 29.6 Å². The molecule has 3 aliphatic heterocycles. The van der Waals surface area contributed by atoms with Crippen LogP contribution in [0.25, 0.3) is 0 Å². The molecular formula is C21H26FN3O3S. The average Bonchev–Trinajstić information content (AvgIpc) is 3.02. The minimum Gasteiger partial charge on any atom is -0.380 e. The summed E-state index contributed by atoms with van der Waals surface area (Å²) in [6.45, 7) is 5.03. The first-order valence-electron chi connectivity index (χ1n) is 10.4. The Hall–Kier alpha value is -1.53. The molecule has 6 nitrogen and oxygen atoms in total. The number of hydrogen-bond donors (Lipinski definition) is 0. The van der Waals surface area contributed by atoms with Crippen LogP contribution in [-0.2, 0) is 14.8 Å². The fraction of sp³-hybridized carbons (Fsp3) is 0.667. The average molecular weight is 420 g/mol. The molecule has 156 valence electrons. The second-order valence-electron chi connectivity index (χ2n) is 9.49. The highest BCUT2D eigenvalue weighted by Crippen LogP contribution is 2.51. The van der Waals surface area contributed by atoms with E-state index in [-0.39, 0.29) is 15.9 Å². The van der Waals surface area contributed by atoms with Crippen molar-refractivity contribution in [2.45, 2.75) is 43.0 Å². The number of nitrogens with zero attached hydrogens (tertiary/aromatic N) is 3. The Morgan fingerprint density at radius 2 is 1.83 bits per heavy atom. The van der Waals surface area contributed by atoms with Crippen LogP contribution in [0.5, 0.6) is 0 Å². The van der Waals surface area contributed by atoms with Gasteiger partial charge < -0.3 is 4.74 Å². The molecule has 3 saturated heterocycles. The lowest BCUT2D eigenvalue weighted by Gasteiger charge is -2.57. The Morgan fingerprint density at radius 1 is 1.10 bits per heavy atom. The number of likely N-dealkylation sites (tertiary alicyclic amines) is 1. The van der Waals surface area contributed by atoms with Gasteiger partial charge in [0.2, 0.25) is 10.0 Å². The fourth-order valence-electron chi connectivity index (χ4n) is 5.72. The van der Waals surface area contributed by atoms with E-state index in [0.717, 1.165) is 64.1 Å². The molecule has 29 heavy (non-hydrogen) atoms. The number of benzene rings is 1. The second-order valence-corrected chi connectivity index (χ2v) is 11.4. The Balaban J connectivity index is 1.22. The molecule has 0 N–H and O–H groups in total. The summed E-state index contributed by atoms with van der Waals surface area (Å²) in [4.78, 5) is 2.47. The van der Waals surface area contributed by atoms with E-state index in [4.69, 9.17) is 10.00 Å². The monoisotopic (exact) mass is 419 g/mol. The minimum atomic E-state index is -3.78. The molecule has 8 heteroatoms. The van der Waals surface area contributed by atoms with Crippen LogP contribution >= 0.6 is 0 Å². The van der Waals surface area contributed by atoms with Crippen LogP contribution in [0.2, 0.25) is 0 Å². The van der Waals surface area contributed by atoms with Crippen molar-refractivity contribution in [1.29, 1.82) is 5.26 Å². The van der Waals surface area contributed by atoms with Crippen molar-refractivity contribution in [2.24, 2.45) is 10.8 Å². The Morgan fingerprint density at radius 3 is 2.45 bits per heavy atom. The lowest BCUT2D eigenvalue weighted by Crippen LogP contribution is -2.67. The highest BCUT2D eigenvalue weighted by Gasteiger charge is 2.53. The van der Waals surface area contributed by atoms with Gasteiger partial charge in [-0.2, -0.15) is 9.57 Å². The third-order valence-corrected chi connectivity index (χ3v) is 9.38. The lowest BCUT2D eigenvalue weighted by molar-refractivity contribution is -0.198. The van der Waals surface area contributed by atoms with Gasteiger partial charge in [-0.25, -0.2) is 12.8 Å². The third kappa shape index (κ3) is 3.28. The molecule has 4 fully saturated rings. The minimum absolute atomic E-state index is 0.0277. The van der Waals surface area contributed by atoms with Crippen LogP contribution in [0.15, 0.2) is 23.1 Å². The first kappa shape index (κ1) is 19.4. The van der Waals surface area contributed by atoms with Crippen molar-refractivity contribution in [2.75, 3.05) is 39.4 Å². The maximum absolute atomic E-state index is 13.7. The number of sulfonamides is 1. The van der Waals surface area contributed by atoms with Crippen LogP contribution in [0.1, 0.15) is 37.7 Å². The maximum atomic E-state index is 13.7. The molecular weight excluding hydrogens is 393 g/mol. The summed E-state index contributed by atoms with van der Waals surface area (Å²) in [6, 6.07) is 5.77. The van der Waals surface area contributed by atoms with Crippen molar-refractivity contribution in [3.8, 4) is 6.07 Å². The first-order chi connectivity index (χ1) is 13.8. The molecule has 0 radical (unpaired) electrons. The highest BCUT2D eigenvalue weighted by molar-refractivity contribution is 7.89. The predicted molar refractivity (Wildman–Crippen MR) is 104 cm³/mol. The molecule has 5 rings (SSSR count). The lowest BCUT2D eigenvalue weighted by atomic mass is 9.75. The van der Waals surface area contributed by atoms with Gasteiger partial charge in [0, 0.05) is 37.6 Å². The van der Waals surface area contributed by atoms with E-state index in [1.807, 2.05) is 6.07 Å². The number of rotatable bonds is 3. The van der Waals surface area contributed by atoms with Crippen molar-refractivity contribution >= 4 is 10.0 Å². The van der Waals surface area contributed by atoms with Crippen LogP contribution in [0, 0.1) is 28.0 Å². The molecule has 0 amide bonds. The van der Waals surface area contributed by atoms with Gasteiger partial charge in [-0.3, -0.25) is 4.90 Å². The van der Waals surface area contributed by atoms with Gasteiger partial charge in [-0.1, -0.05) is 0 Å². The fourth-order valence-corrected chi connectivity index (χ4v) is 7.21. The standard InChI is InChI=1S/C21H26FN3O3S/c22-17-7-16(11-23)8-19(9-17)29(26,27)25-5-3-20(4-6-25)2-1-18(10-20)24-12-21(13-24)14-28-15-21/h7-9,18H,1-6,10,12-15H2. The topological polar surface area (TPSA) is 73.6 Å². The molecule has 1 atom stereocenters.